The Hall–Kier alpha value is -2.30. The Morgan fingerprint density at radius 3 is 1.65 bits per heavy atom. The second kappa shape index (κ2) is 34.8. The number of hydrogen-bond donors (Lipinski definition) is 4. The lowest BCUT2D eigenvalue weighted by molar-refractivity contribution is -0.147. The number of carboxylic acids is 1. The molecule has 0 heterocycles. The zero-order chi connectivity index (χ0) is 37.8. The number of rotatable bonds is 36. The smallest absolute Gasteiger partial charge is 0.472 e. The number of carboxylic acid groups (broad SMARTS) is 1. The van der Waals surface area contributed by atoms with Crippen LogP contribution in [0.5, 0.6) is 0 Å². The third-order valence-corrected chi connectivity index (χ3v) is 9.13. The summed E-state index contributed by atoms with van der Waals surface area (Å²) in [5.74, 6) is -2.40. The third kappa shape index (κ3) is 34.5. The number of phosphoric acid groups is 1. The first-order chi connectivity index (χ1) is 24.6. The van der Waals surface area contributed by atoms with E-state index in [-0.39, 0.29) is 12.8 Å². The normalized spacial score (nSPS) is 14.3. The zero-order valence-corrected chi connectivity index (χ0v) is 32.5. The van der Waals surface area contributed by atoms with Crippen molar-refractivity contribution < 1.29 is 47.8 Å². The van der Waals surface area contributed by atoms with Gasteiger partial charge in [-0.15, -0.1) is 0 Å². The molecule has 1 amide bonds. The van der Waals surface area contributed by atoms with Crippen LogP contribution in [0, 0.1) is 0 Å². The molecule has 0 fully saturated rings. The van der Waals surface area contributed by atoms with Crippen LogP contribution in [0.15, 0.2) is 36.5 Å². The summed E-state index contributed by atoms with van der Waals surface area (Å²) in [6.07, 6.45) is 35.3. The molecule has 3 atom stereocenters. The fourth-order valence-corrected chi connectivity index (χ4v) is 5.86. The molecule has 0 aromatic rings. The van der Waals surface area contributed by atoms with Gasteiger partial charge in [-0.05, 0) is 51.4 Å². The molecule has 0 spiro atoms. The maximum atomic E-state index is 12.3. The van der Waals surface area contributed by atoms with Gasteiger partial charge in [0.15, 0.2) is 6.04 Å². The predicted octanol–water partition coefficient (Wildman–Crippen LogP) is 9.27. The van der Waals surface area contributed by atoms with E-state index in [1.54, 1.807) is 0 Å². The second-order valence-corrected chi connectivity index (χ2v) is 14.6. The molecular weight excluding hydrogens is 673 g/mol. The molecule has 0 aliphatic rings. The molecule has 296 valence electrons. The number of aliphatic carboxylic acids is 1. The van der Waals surface area contributed by atoms with Gasteiger partial charge in [-0.1, -0.05) is 134 Å². The minimum atomic E-state index is -4.74. The van der Waals surface area contributed by atoms with E-state index in [1.807, 2.05) is 0 Å². The number of amides is 1. The van der Waals surface area contributed by atoms with E-state index in [2.05, 4.69) is 60.1 Å². The monoisotopic (exact) mass is 743 g/mol. The van der Waals surface area contributed by atoms with Crippen LogP contribution in [0.3, 0.4) is 0 Å². The summed E-state index contributed by atoms with van der Waals surface area (Å²) >= 11 is 0. The van der Waals surface area contributed by atoms with Crippen LogP contribution in [0.1, 0.15) is 162 Å². The van der Waals surface area contributed by atoms with E-state index in [0.29, 0.717) is 12.8 Å². The molecule has 0 radical (unpaired) electrons. The van der Waals surface area contributed by atoms with E-state index < -0.39 is 57.6 Å². The van der Waals surface area contributed by atoms with E-state index in [1.165, 1.54) is 57.8 Å². The van der Waals surface area contributed by atoms with Gasteiger partial charge in [0.1, 0.15) is 12.7 Å². The summed E-state index contributed by atoms with van der Waals surface area (Å²) in [6, 6.07) is -1.55. The van der Waals surface area contributed by atoms with Gasteiger partial charge in [-0.25, -0.2) is 9.36 Å². The molecule has 51 heavy (non-hydrogen) atoms. The summed E-state index contributed by atoms with van der Waals surface area (Å²) in [6.45, 7) is 2.39. The molecule has 12 heteroatoms. The van der Waals surface area contributed by atoms with Crippen LogP contribution in [0.25, 0.3) is 0 Å². The number of nitrogens with one attached hydrogen (secondary N) is 1. The SMILES string of the molecule is CCCCC/C=C\C/C=C\C/C=C\CCCCCCCCCCCCC(=O)NC(COP(=O)(O)OCC(O)COC(=O)CCCCCC)C(=O)O. The van der Waals surface area contributed by atoms with Crippen molar-refractivity contribution in [3.63, 3.8) is 0 Å². The number of unbranched alkanes of at least 4 members (excludes halogenated alkanes) is 16. The van der Waals surface area contributed by atoms with E-state index in [9.17, 15) is 34.1 Å². The molecule has 0 aromatic carbocycles. The van der Waals surface area contributed by atoms with Crippen molar-refractivity contribution in [3.8, 4) is 0 Å². The first-order valence-electron chi connectivity index (χ1n) is 19.5. The molecule has 0 aliphatic heterocycles. The number of ether oxygens (including phenoxy) is 1. The van der Waals surface area contributed by atoms with Crippen molar-refractivity contribution in [2.75, 3.05) is 19.8 Å². The molecule has 0 aromatic heterocycles. The molecule has 0 rings (SSSR count). The highest BCUT2D eigenvalue weighted by molar-refractivity contribution is 7.47. The summed E-state index contributed by atoms with van der Waals surface area (Å²) in [5.41, 5.74) is 0. The van der Waals surface area contributed by atoms with Crippen molar-refractivity contribution >= 4 is 25.7 Å². The van der Waals surface area contributed by atoms with Gasteiger partial charge >= 0.3 is 19.8 Å². The van der Waals surface area contributed by atoms with E-state index in [4.69, 9.17) is 9.26 Å². The van der Waals surface area contributed by atoms with Gasteiger partial charge in [0.05, 0.1) is 13.2 Å². The summed E-state index contributed by atoms with van der Waals surface area (Å²) in [4.78, 5) is 45.4. The molecular formula is C39H70NO10P. The van der Waals surface area contributed by atoms with Crippen molar-refractivity contribution in [3.05, 3.63) is 36.5 Å². The fraction of sp³-hybridized carbons (Fsp3) is 0.769. The molecule has 0 saturated heterocycles. The Morgan fingerprint density at radius 2 is 1.08 bits per heavy atom. The predicted molar refractivity (Wildman–Crippen MR) is 203 cm³/mol. The Labute approximate surface area is 308 Å². The van der Waals surface area contributed by atoms with Gasteiger partial charge in [0.25, 0.3) is 0 Å². The minimum Gasteiger partial charge on any atom is -0.480 e. The number of carbonyl (C=O) groups is 3. The van der Waals surface area contributed by atoms with Gasteiger partial charge in [-0.3, -0.25) is 18.6 Å². The van der Waals surface area contributed by atoms with Gasteiger partial charge in [0, 0.05) is 12.8 Å². The van der Waals surface area contributed by atoms with Gasteiger partial charge in [-0.2, -0.15) is 0 Å². The van der Waals surface area contributed by atoms with Crippen molar-refractivity contribution in [2.45, 2.75) is 174 Å². The number of allylic oxidation sites excluding steroid dienone is 6. The Kier molecular flexibility index (Phi) is 33.2. The van der Waals surface area contributed by atoms with Crippen LogP contribution in [-0.2, 0) is 32.7 Å². The van der Waals surface area contributed by atoms with E-state index >= 15 is 0 Å². The summed E-state index contributed by atoms with van der Waals surface area (Å²) in [5, 5.41) is 21.6. The average Bonchev–Trinajstić information content (AvgIpc) is 3.10. The number of hydrogen-bond acceptors (Lipinski definition) is 8. The van der Waals surface area contributed by atoms with Crippen LogP contribution in [0.4, 0.5) is 0 Å². The van der Waals surface area contributed by atoms with Crippen molar-refractivity contribution in [1.29, 1.82) is 0 Å². The topological polar surface area (TPSA) is 169 Å². The minimum absolute atomic E-state index is 0.141. The number of esters is 1. The lowest BCUT2D eigenvalue weighted by Crippen LogP contribution is -2.43. The summed E-state index contributed by atoms with van der Waals surface area (Å²) in [7, 11) is -4.74. The first kappa shape index (κ1) is 48.7. The van der Waals surface area contributed by atoms with Crippen molar-refractivity contribution in [2.24, 2.45) is 0 Å². The molecule has 11 nitrogen and oxygen atoms in total. The molecule has 0 bridgehead atoms. The van der Waals surface area contributed by atoms with Crippen LogP contribution < -0.4 is 5.32 Å². The highest BCUT2D eigenvalue weighted by Gasteiger charge is 2.28. The van der Waals surface area contributed by atoms with Gasteiger partial charge < -0.3 is 25.2 Å². The van der Waals surface area contributed by atoms with Crippen LogP contribution in [-0.4, -0.2) is 64.9 Å². The van der Waals surface area contributed by atoms with Gasteiger partial charge in [0.2, 0.25) is 5.91 Å². The van der Waals surface area contributed by atoms with Crippen LogP contribution >= 0.6 is 7.82 Å². The van der Waals surface area contributed by atoms with Crippen LogP contribution in [0.2, 0.25) is 0 Å². The second-order valence-electron chi connectivity index (χ2n) is 13.1. The standard InChI is InChI=1S/C39H70NO10P/c1-3-5-7-9-10-11-12-13-14-15-16-17-18-19-20-21-22-23-24-25-26-27-28-30-37(42)40-36(39(44)45)34-50-51(46,47)49-33-35(41)32-48-38(43)31-29-8-6-4-2/h10-11,13-14,16-17,35-36,41H,3-9,12,15,18-34H2,1-2H3,(H,40,42)(H,44,45)(H,46,47)/b11-10-,14-13-,17-16-. The highest BCUT2D eigenvalue weighted by Crippen LogP contribution is 2.43. The quantitative estimate of drug-likeness (QED) is 0.0210. The Morgan fingerprint density at radius 1 is 0.627 bits per heavy atom. The fourth-order valence-electron chi connectivity index (χ4n) is 5.08. The Bertz CT molecular complexity index is 1020. The van der Waals surface area contributed by atoms with Crippen molar-refractivity contribution in [1.82, 2.24) is 5.32 Å². The lowest BCUT2D eigenvalue weighted by Gasteiger charge is -2.18. The molecule has 4 N–H and O–H groups in total. The largest absolute Gasteiger partial charge is 0.480 e. The molecule has 0 saturated carbocycles. The third-order valence-electron chi connectivity index (χ3n) is 8.18. The number of phosphoric ester groups is 1. The molecule has 0 aliphatic carbocycles. The summed E-state index contributed by atoms with van der Waals surface area (Å²) < 4.78 is 26.5. The number of aliphatic hydroxyl groups excluding tert-OH is 1. The number of carbonyl (C=O) groups excluding carboxylic acids is 2. The average molecular weight is 744 g/mol. The number of aliphatic hydroxyl groups is 1. The Balaban J connectivity index is 3.86. The lowest BCUT2D eigenvalue weighted by atomic mass is 10.0. The molecule has 3 unspecified atom stereocenters. The maximum Gasteiger partial charge on any atom is 0.472 e. The highest BCUT2D eigenvalue weighted by atomic mass is 31.2. The first-order valence-corrected chi connectivity index (χ1v) is 21.0. The maximum absolute atomic E-state index is 12.3. The van der Waals surface area contributed by atoms with E-state index in [0.717, 1.165) is 64.2 Å². The zero-order valence-electron chi connectivity index (χ0n) is 31.7.